The molecule has 0 bridgehead atoms. The molecule has 1 heterocycles. The van der Waals surface area contributed by atoms with E-state index in [1.54, 1.807) is 6.07 Å². The van der Waals surface area contributed by atoms with Crippen molar-refractivity contribution in [3.8, 4) is 0 Å². The Morgan fingerprint density at radius 2 is 1.81 bits per heavy atom. The summed E-state index contributed by atoms with van der Waals surface area (Å²) in [6.45, 7) is 11.0. The molecule has 2 aromatic rings. The first-order valence-corrected chi connectivity index (χ1v) is 11.3. The van der Waals surface area contributed by atoms with Crippen molar-refractivity contribution in [1.82, 2.24) is 10.2 Å². The van der Waals surface area contributed by atoms with Crippen molar-refractivity contribution >= 4 is 43.5 Å². The molecule has 0 aliphatic rings. The van der Waals surface area contributed by atoms with E-state index < -0.39 is 15.8 Å². The Bertz CT molecular complexity index is 1020. The SMILES string of the molecule is CCN(CC)c1ccc(N=Nc2nnc(C(C)(C)C)s2)c(N=S(=O)(OF)C(F)F)c1.[Ni+2]. The van der Waals surface area contributed by atoms with Crippen LogP contribution in [-0.4, -0.2) is 33.3 Å². The molecule has 1 atom stereocenters. The summed E-state index contributed by atoms with van der Waals surface area (Å²) in [4.78, 5) is 1.90. The van der Waals surface area contributed by atoms with Crippen LogP contribution in [0, 0.1) is 0 Å². The second-order valence-corrected chi connectivity index (χ2v) is 9.77. The molecule has 1 aromatic heterocycles. The maximum absolute atomic E-state index is 13.0. The first kappa shape index (κ1) is 27.4. The van der Waals surface area contributed by atoms with Gasteiger partial charge in [-0.15, -0.1) is 20.4 Å². The van der Waals surface area contributed by atoms with E-state index in [0.29, 0.717) is 18.8 Å². The minimum atomic E-state index is -4.89. The van der Waals surface area contributed by atoms with Gasteiger partial charge in [0, 0.05) is 24.2 Å². The summed E-state index contributed by atoms with van der Waals surface area (Å²) in [6.07, 6.45) is 0. The Morgan fingerprint density at radius 3 is 2.29 bits per heavy atom. The Kier molecular flexibility index (Phi) is 9.99. The molecule has 14 heteroatoms. The fourth-order valence-electron chi connectivity index (χ4n) is 2.33. The number of azo groups is 1. The summed E-state index contributed by atoms with van der Waals surface area (Å²) in [5.41, 5.74) is 0.146. The minimum absolute atomic E-state index is 0. The van der Waals surface area contributed by atoms with Crippen LogP contribution in [0.4, 0.5) is 35.5 Å². The van der Waals surface area contributed by atoms with E-state index in [4.69, 9.17) is 0 Å². The maximum Gasteiger partial charge on any atom is 2.00 e. The summed E-state index contributed by atoms with van der Waals surface area (Å²) in [7, 11) is -4.89. The summed E-state index contributed by atoms with van der Waals surface area (Å²) in [5, 5.41) is 16.9. The average Bonchev–Trinajstić information content (AvgIpc) is 3.17. The van der Waals surface area contributed by atoms with Crippen molar-refractivity contribution in [3.63, 3.8) is 0 Å². The van der Waals surface area contributed by atoms with Crippen molar-refractivity contribution in [1.29, 1.82) is 0 Å². The van der Waals surface area contributed by atoms with Gasteiger partial charge in [-0.05, 0) is 36.6 Å². The van der Waals surface area contributed by atoms with Crippen LogP contribution >= 0.6 is 11.3 Å². The van der Waals surface area contributed by atoms with Crippen molar-refractivity contribution < 1.29 is 38.4 Å². The maximum atomic E-state index is 13.0. The summed E-state index contributed by atoms with van der Waals surface area (Å²) < 4.78 is 57.0. The quantitative estimate of drug-likeness (QED) is 0.302. The first-order valence-electron chi connectivity index (χ1n) is 9.03. The number of alkyl halides is 2. The third-order valence-electron chi connectivity index (χ3n) is 3.93. The molecule has 0 aliphatic carbocycles. The van der Waals surface area contributed by atoms with E-state index in [1.165, 1.54) is 23.5 Å². The monoisotopic (exact) mass is 522 g/mol. The fraction of sp³-hybridized carbons (Fsp3) is 0.529. The molecule has 1 unspecified atom stereocenters. The molecular formula is C17H23F3N6NiO2S2+2. The average molecular weight is 523 g/mol. The molecule has 174 valence electrons. The van der Waals surface area contributed by atoms with E-state index in [9.17, 15) is 17.5 Å². The zero-order chi connectivity index (χ0) is 22.5. The second kappa shape index (κ2) is 11.3. The van der Waals surface area contributed by atoms with E-state index in [-0.39, 0.29) is 38.4 Å². The molecule has 0 aliphatic heterocycles. The molecule has 0 fully saturated rings. The van der Waals surface area contributed by atoms with Gasteiger partial charge in [-0.1, -0.05) is 36.5 Å². The van der Waals surface area contributed by atoms with Crippen LogP contribution in [0.3, 0.4) is 0 Å². The number of anilines is 1. The molecule has 0 saturated carbocycles. The van der Waals surface area contributed by atoms with Gasteiger partial charge < -0.3 is 4.90 Å². The van der Waals surface area contributed by atoms with Crippen LogP contribution in [-0.2, 0) is 36.3 Å². The largest absolute Gasteiger partial charge is 2.00 e. The molecule has 0 saturated heterocycles. The fourth-order valence-corrected chi connectivity index (χ4v) is 3.64. The minimum Gasteiger partial charge on any atom is -0.372 e. The Labute approximate surface area is 193 Å². The zero-order valence-corrected chi connectivity index (χ0v) is 20.1. The van der Waals surface area contributed by atoms with E-state index in [1.807, 2.05) is 39.5 Å². The van der Waals surface area contributed by atoms with Crippen LogP contribution in [0.5, 0.6) is 0 Å². The van der Waals surface area contributed by atoms with Crippen molar-refractivity contribution in [3.05, 3.63) is 23.2 Å². The van der Waals surface area contributed by atoms with Gasteiger partial charge in [0.1, 0.15) is 16.4 Å². The summed E-state index contributed by atoms with van der Waals surface area (Å²) in [6, 6.07) is 4.52. The molecule has 0 N–H and O–H groups in total. The number of benzene rings is 1. The number of aromatic nitrogens is 2. The molecule has 1 aromatic carbocycles. The van der Waals surface area contributed by atoms with Gasteiger partial charge in [0.15, 0.2) is 0 Å². The van der Waals surface area contributed by atoms with Gasteiger partial charge >= 0.3 is 22.2 Å². The van der Waals surface area contributed by atoms with Gasteiger partial charge in [-0.3, -0.25) is 0 Å². The number of hydrogen-bond acceptors (Lipinski definition) is 9. The van der Waals surface area contributed by atoms with Gasteiger partial charge in [0.2, 0.25) is 0 Å². The van der Waals surface area contributed by atoms with Gasteiger partial charge in [0.25, 0.3) is 15.1 Å². The van der Waals surface area contributed by atoms with Crippen LogP contribution in [0.15, 0.2) is 32.8 Å². The molecule has 8 nitrogen and oxygen atoms in total. The number of halogens is 3. The van der Waals surface area contributed by atoms with Crippen molar-refractivity contribution in [2.75, 3.05) is 18.0 Å². The number of rotatable bonds is 8. The van der Waals surface area contributed by atoms with Gasteiger partial charge in [-0.2, -0.15) is 13.1 Å². The first-order chi connectivity index (χ1) is 14.0. The molecule has 0 amide bonds. The molecule has 0 spiro atoms. The molecule has 2 rings (SSSR count). The topological polar surface area (TPSA) is 92.4 Å². The number of hydrogen-bond donors (Lipinski definition) is 0. The van der Waals surface area contributed by atoms with Crippen molar-refractivity contribution in [2.45, 2.75) is 45.8 Å². The Morgan fingerprint density at radius 1 is 1.16 bits per heavy atom. The zero-order valence-electron chi connectivity index (χ0n) is 17.5. The second-order valence-electron chi connectivity index (χ2n) is 7.12. The molecule has 0 radical (unpaired) electrons. The normalized spacial score (nSPS) is 13.8. The van der Waals surface area contributed by atoms with E-state index in [0.717, 1.165) is 5.01 Å². The third-order valence-corrected chi connectivity index (χ3v) is 6.24. The summed E-state index contributed by atoms with van der Waals surface area (Å²) >= 11 is 1.22. The van der Waals surface area contributed by atoms with Crippen molar-refractivity contribution in [2.24, 2.45) is 14.6 Å². The van der Waals surface area contributed by atoms with E-state index in [2.05, 4.69) is 29.2 Å². The Balaban J connectivity index is 0.00000480. The van der Waals surface area contributed by atoms with Crippen LogP contribution in [0.25, 0.3) is 0 Å². The van der Waals surface area contributed by atoms with Crippen LogP contribution < -0.4 is 4.90 Å². The Hall–Kier alpha value is -1.63. The predicted octanol–water partition coefficient (Wildman–Crippen LogP) is 6.23. The summed E-state index contributed by atoms with van der Waals surface area (Å²) in [5.74, 6) is -3.65. The van der Waals surface area contributed by atoms with E-state index >= 15 is 0 Å². The molecular weight excluding hydrogens is 500 g/mol. The van der Waals surface area contributed by atoms with Gasteiger partial charge in [0.05, 0.1) is 0 Å². The van der Waals surface area contributed by atoms with Crippen LogP contribution in [0.1, 0.15) is 39.6 Å². The number of nitrogens with zero attached hydrogens (tertiary/aromatic N) is 6. The smallest absolute Gasteiger partial charge is 0.372 e. The standard InChI is InChI=1S/C17H23F3N6O2S2.Ni/c1-6-26(7-2)11-8-9-12(13(10-11)25-30(27,28-20)15(18)19)21-23-16-24-22-14(29-16)17(3,4)5;/h8-10,15H,6-7H2,1-5H3;/q;+2. The van der Waals surface area contributed by atoms with Gasteiger partial charge in [-0.25, -0.2) is 4.21 Å². The predicted molar refractivity (Wildman–Crippen MR) is 111 cm³/mol. The van der Waals surface area contributed by atoms with Crippen LogP contribution in [0.2, 0.25) is 0 Å². The third kappa shape index (κ3) is 6.93. The molecule has 31 heavy (non-hydrogen) atoms.